The second-order valence-electron chi connectivity index (χ2n) is 6.46. The number of aromatic nitrogens is 1. The fourth-order valence-corrected chi connectivity index (χ4v) is 3.68. The zero-order valence-corrected chi connectivity index (χ0v) is 15.9. The Kier molecular flexibility index (Phi) is 4.89. The molecule has 2 aromatic carbocycles. The highest BCUT2D eigenvalue weighted by Gasteiger charge is 2.20. The first-order valence-corrected chi connectivity index (χ1v) is 9.53. The molecule has 132 valence electrons. The lowest BCUT2D eigenvalue weighted by atomic mass is 9.99. The summed E-state index contributed by atoms with van der Waals surface area (Å²) in [6, 6.07) is 16.2. The molecule has 0 radical (unpaired) electrons. The van der Waals surface area contributed by atoms with E-state index in [1.54, 1.807) is 6.20 Å². The molecule has 2 heterocycles. The molecule has 5 heteroatoms. The van der Waals surface area contributed by atoms with Crippen LogP contribution in [-0.4, -0.2) is 22.3 Å². The standard InChI is InChI=1S/C21H19BrN2O2/c22-18-7-3-6-16(12-18)19-13-23-20(26-19)8-9-21(25)24-11-10-15-4-1-2-5-17(15)14-24/h1-7,12-13H,8-11,14H2. The topological polar surface area (TPSA) is 46.3 Å². The highest BCUT2D eigenvalue weighted by atomic mass is 79.9. The number of aryl methyl sites for hydroxylation is 1. The number of hydrogen-bond donors (Lipinski definition) is 0. The fraction of sp³-hybridized carbons (Fsp3) is 0.238. The monoisotopic (exact) mass is 410 g/mol. The molecule has 0 aliphatic carbocycles. The third kappa shape index (κ3) is 3.73. The van der Waals surface area contributed by atoms with Gasteiger partial charge < -0.3 is 9.32 Å². The number of nitrogens with zero attached hydrogens (tertiary/aromatic N) is 2. The number of fused-ring (bicyclic) bond motifs is 1. The normalized spacial score (nSPS) is 13.5. The predicted molar refractivity (Wildman–Crippen MR) is 104 cm³/mol. The van der Waals surface area contributed by atoms with Gasteiger partial charge in [-0.1, -0.05) is 52.3 Å². The Labute approximate surface area is 161 Å². The lowest BCUT2D eigenvalue weighted by Gasteiger charge is -2.28. The maximum absolute atomic E-state index is 12.6. The van der Waals surface area contributed by atoms with E-state index < -0.39 is 0 Å². The first kappa shape index (κ1) is 17.0. The van der Waals surface area contributed by atoms with Gasteiger partial charge in [-0.3, -0.25) is 4.79 Å². The highest BCUT2D eigenvalue weighted by Crippen LogP contribution is 2.24. The molecule has 1 aromatic heterocycles. The molecule has 0 N–H and O–H groups in total. The molecule has 0 spiro atoms. The van der Waals surface area contributed by atoms with Gasteiger partial charge >= 0.3 is 0 Å². The van der Waals surface area contributed by atoms with Gasteiger partial charge in [-0.05, 0) is 29.7 Å². The minimum atomic E-state index is 0.154. The Hall–Kier alpha value is -2.40. The number of benzene rings is 2. The molecule has 0 fully saturated rings. The molecular weight excluding hydrogens is 392 g/mol. The van der Waals surface area contributed by atoms with Gasteiger partial charge in [-0.15, -0.1) is 0 Å². The molecular formula is C21H19BrN2O2. The molecule has 4 rings (SSSR count). The fourth-order valence-electron chi connectivity index (χ4n) is 3.28. The number of carbonyl (C=O) groups is 1. The zero-order valence-electron chi connectivity index (χ0n) is 14.3. The maximum atomic E-state index is 12.6. The molecule has 0 atom stereocenters. The van der Waals surface area contributed by atoms with Crippen molar-refractivity contribution in [3.8, 4) is 11.3 Å². The largest absolute Gasteiger partial charge is 0.441 e. The molecule has 1 aliphatic rings. The minimum Gasteiger partial charge on any atom is -0.441 e. The summed E-state index contributed by atoms with van der Waals surface area (Å²) in [5.41, 5.74) is 3.57. The van der Waals surface area contributed by atoms with Crippen molar-refractivity contribution in [1.29, 1.82) is 0 Å². The van der Waals surface area contributed by atoms with E-state index in [0.717, 1.165) is 28.8 Å². The van der Waals surface area contributed by atoms with Gasteiger partial charge in [0.2, 0.25) is 5.91 Å². The van der Waals surface area contributed by atoms with E-state index in [-0.39, 0.29) is 5.91 Å². The van der Waals surface area contributed by atoms with Gasteiger partial charge in [0.15, 0.2) is 11.7 Å². The van der Waals surface area contributed by atoms with E-state index in [4.69, 9.17) is 4.42 Å². The maximum Gasteiger partial charge on any atom is 0.223 e. The van der Waals surface area contributed by atoms with Gasteiger partial charge in [0.1, 0.15) is 0 Å². The Morgan fingerprint density at radius 3 is 2.85 bits per heavy atom. The van der Waals surface area contributed by atoms with Crippen LogP contribution in [0.25, 0.3) is 11.3 Å². The number of hydrogen-bond acceptors (Lipinski definition) is 3. The van der Waals surface area contributed by atoms with Crippen LogP contribution in [0, 0.1) is 0 Å². The summed E-state index contributed by atoms with van der Waals surface area (Å²) in [5, 5.41) is 0. The van der Waals surface area contributed by atoms with Crippen LogP contribution >= 0.6 is 15.9 Å². The summed E-state index contributed by atoms with van der Waals surface area (Å²) < 4.78 is 6.81. The summed E-state index contributed by atoms with van der Waals surface area (Å²) in [4.78, 5) is 18.8. The van der Waals surface area contributed by atoms with E-state index >= 15 is 0 Å². The smallest absolute Gasteiger partial charge is 0.223 e. The van der Waals surface area contributed by atoms with Crippen molar-refractivity contribution in [2.45, 2.75) is 25.8 Å². The Morgan fingerprint density at radius 2 is 2.00 bits per heavy atom. The van der Waals surface area contributed by atoms with Crippen molar-refractivity contribution in [3.63, 3.8) is 0 Å². The van der Waals surface area contributed by atoms with Crippen LogP contribution < -0.4 is 0 Å². The average Bonchev–Trinajstić information content (AvgIpc) is 3.15. The summed E-state index contributed by atoms with van der Waals surface area (Å²) in [5.74, 6) is 1.48. The first-order chi connectivity index (χ1) is 12.7. The van der Waals surface area contributed by atoms with Crippen molar-refractivity contribution in [1.82, 2.24) is 9.88 Å². The van der Waals surface area contributed by atoms with Crippen molar-refractivity contribution in [2.75, 3.05) is 6.54 Å². The van der Waals surface area contributed by atoms with Gasteiger partial charge in [0.25, 0.3) is 0 Å². The SMILES string of the molecule is O=C(CCc1ncc(-c2cccc(Br)c2)o1)N1CCc2ccccc2C1. The van der Waals surface area contributed by atoms with Crippen molar-refractivity contribution in [3.05, 3.63) is 76.2 Å². The van der Waals surface area contributed by atoms with E-state index in [0.29, 0.717) is 25.3 Å². The van der Waals surface area contributed by atoms with E-state index in [9.17, 15) is 4.79 Å². The van der Waals surface area contributed by atoms with Crippen molar-refractivity contribution < 1.29 is 9.21 Å². The molecule has 4 nitrogen and oxygen atoms in total. The van der Waals surface area contributed by atoms with Crippen LogP contribution in [0.5, 0.6) is 0 Å². The second-order valence-corrected chi connectivity index (χ2v) is 7.38. The van der Waals surface area contributed by atoms with Gasteiger partial charge in [0.05, 0.1) is 6.20 Å². The lowest BCUT2D eigenvalue weighted by molar-refractivity contribution is -0.132. The summed E-state index contributed by atoms with van der Waals surface area (Å²) in [7, 11) is 0. The van der Waals surface area contributed by atoms with Gasteiger partial charge in [0, 0.05) is 36.0 Å². The second kappa shape index (κ2) is 7.46. The number of oxazole rings is 1. The lowest BCUT2D eigenvalue weighted by Crippen LogP contribution is -2.36. The van der Waals surface area contributed by atoms with Gasteiger partial charge in [-0.2, -0.15) is 0 Å². The first-order valence-electron chi connectivity index (χ1n) is 8.74. The van der Waals surface area contributed by atoms with E-state index in [2.05, 4.69) is 39.1 Å². The molecule has 0 unspecified atom stereocenters. The molecule has 1 amide bonds. The van der Waals surface area contributed by atoms with Crippen LogP contribution in [0.4, 0.5) is 0 Å². The highest BCUT2D eigenvalue weighted by molar-refractivity contribution is 9.10. The minimum absolute atomic E-state index is 0.154. The predicted octanol–water partition coefficient (Wildman–Crippen LogP) is 4.62. The molecule has 0 saturated carbocycles. The number of amides is 1. The third-order valence-electron chi connectivity index (χ3n) is 4.70. The Morgan fingerprint density at radius 1 is 1.15 bits per heavy atom. The summed E-state index contributed by atoms with van der Waals surface area (Å²) >= 11 is 3.46. The summed E-state index contributed by atoms with van der Waals surface area (Å²) in [6.45, 7) is 1.48. The van der Waals surface area contributed by atoms with E-state index in [1.165, 1.54) is 11.1 Å². The number of halogens is 1. The van der Waals surface area contributed by atoms with Crippen molar-refractivity contribution in [2.24, 2.45) is 0 Å². The van der Waals surface area contributed by atoms with Crippen LogP contribution in [-0.2, 0) is 24.2 Å². The molecule has 1 aliphatic heterocycles. The van der Waals surface area contributed by atoms with E-state index in [1.807, 2.05) is 35.2 Å². The number of carbonyl (C=O) groups excluding carboxylic acids is 1. The molecule has 0 saturated heterocycles. The zero-order chi connectivity index (χ0) is 17.9. The third-order valence-corrected chi connectivity index (χ3v) is 5.19. The Bertz CT molecular complexity index is 935. The molecule has 3 aromatic rings. The summed E-state index contributed by atoms with van der Waals surface area (Å²) in [6.07, 6.45) is 3.58. The van der Waals surface area contributed by atoms with Crippen molar-refractivity contribution >= 4 is 21.8 Å². The number of rotatable bonds is 4. The average molecular weight is 411 g/mol. The van der Waals surface area contributed by atoms with Crippen LogP contribution in [0.2, 0.25) is 0 Å². The van der Waals surface area contributed by atoms with Crippen LogP contribution in [0.1, 0.15) is 23.4 Å². The van der Waals surface area contributed by atoms with Crippen LogP contribution in [0.15, 0.2) is 63.6 Å². The quantitative estimate of drug-likeness (QED) is 0.630. The van der Waals surface area contributed by atoms with Gasteiger partial charge in [-0.25, -0.2) is 4.98 Å². The molecule has 26 heavy (non-hydrogen) atoms. The molecule has 0 bridgehead atoms. The Balaban J connectivity index is 1.37. The van der Waals surface area contributed by atoms with Crippen LogP contribution in [0.3, 0.4) is 0 Å².